The molecular formula is C10H14O4. The molecule has 4 nitrogen and oxygen atoms in total. The van der Waals surface area contributed by atoms with Gasteiger partial charge in [-0.2, -0.15) is 0 Å². The minimum atomic E-state index is -0.591. The lowest BCUT2D eigenvalue weighted by molar-refractivity contribution is -0.148. The van der Waals surface area contributed by atoms with Crippen molar-refractivity contribution in [2.75, 3.05) is 6.61 Å². The van der Waals surface area contributed by atoms with Gasteiger partial charge >= 0.3 is 11.9 Å². The summed E-state index contributed by atoms with van der Waals surface area (Å²) in [6.45, 7) is 3.84. The van der Waals surface area contributed by atoms with Crippen LogP contribution in [0.3, 0.4) is 0 Å². The number of hydrogen-bond acceptors (Lipinski definition) is 4. The molecule has 0 fully saturated rings. The highest BCUT2D eigenvalue weighted by molar-refractivity contribution is 6.14. The Hall–Kier alpha value is -1.32. The van der Waals surface area contributed by atoms with E-state index in [2.05, 4.69) is 0 Å². The quantitative estimate of drug-likeness (QED) is 0.494. The molecule has 0 bridgehead atoms. The Bertz CT molecular complexity index is 265. The normalized spacial score (nSPS) is 17.1. The van der Waals surface area contributed by atoms with Crippen LogP contribution < -0.4 is 0 Å². The van der Waals surface area contributed by atoms with E-state index in [1.54, 1.807) is 19.9 Å². The van der Waals surface area contributed by atoms with Gasteiger partial charge in [0.05, 0.1) is 12.7 Å². The first-order chi connectivity index (χ1) is 6.61. The molecule has 0 aliphatic carbocycles. The maximum Gasteiger partial charge on any atom is 0.345 e. The number of cyclic esters (lactones) is 1. The average molecular weight is 198 g/mol. The molecule has 1 aliphatic heterocycles. The monoisotopic (exact) mass is 198 g/mol. The third kappa shape index (κ3) is 2.87. The summed E-state index contributed by atoms with van der Waals surface area (Å²) < 4.78 is 9.72. The van der Waals surface area contributed by atoms with Gasteiger partial charge in [-0.25, -0.2) is 9.59 Å². The largest absolute Gasteiger partial charge is 0.462 e. The minimum Gasteiger partial charge on any atom is -0.462 e. The number of carbonyl (C=O) groups is 2. The summed E-state index contributed by atoms with van der Waals surface area (Å²) in [5.74, 6) is -1.17. The smallest absolute Gasteiger partial charge is 0.345 e. The molecule has 4 heteroatoms. The summed E-state index contributed by atoms with van der Waals surface area (Å²) >= 11 is 0. The van der Waals surface area contributed by atoms with Gasteiger partial charge in [0, 0.05) is 0 Å². The van der Waals surface area contributed by atoms with Crippen LogP contribution >= 0.6 is 0 Å². The molecule has 0 radical (unpaired) electrons. The lowest BCUT2D eigenvalue weighted by Crippen LogP contribution is -2.20. The summed E-state index contributed by atoms with van der Waals surface area (Å²) in [6.07, 6.45) is 2.79. The molecule has 0 saturated heterocycles. The molecule has 78 valence electrons. The fraction of sp³-hybridized carbons (Fsp3) is 0.600. The van der Waals surface area contributed by atoms with Crippen LogP contribution in [0.25, 0.3) is 0 Å². The molecule has 14 heavy (non-hydrogen) atoms. The molecule has 0 aromatic rings. The second kappa shape index (κ2) is 4.79. The highest BCUT2D eigenvalue weighted by Crippen LogP contribution is 2.10. The third-order valence-electron chi connectivity index (χ3n) is 1.71. The second-order valence-corrected chi connectivity index (χ2v) is 3.35. The van der Waals surface area contributed by atoms with Crippen molar-refractivity contribution in [3.63, 3.8) is 0 Å². The number of hydrogen-bond donors (Lipinski definition) is 0. The standard InChI is InChI=1S/C10H14O4/c1-7(2)14-10(12)8-5-3-4-6-13-9(8)11/h5,7H,3-4,6H2,1-2H3. The summed E-state index contributed by atoms with van der Waals surface area (Å²) in [7, 11) is 0. The van der Waals surface area contributed by atoms with E-state index in [1.807, 2.05) is 0 Å². The van der Waals surface area contributed by atoms with E-state index in [1.165, 1.54) is 0 Å². The molecule has 0 aromatic carbocycles. The molecule has 1 aliphatic rings. The van der Waals surface area contributed by atoms with E-state index in [0.717, 1.165) is 6.42 Å². The second-order valence-electron chi connectivity index (χ2n) is 3.35. The van der Waals surface area contributed by atoms with E-state index in [0.29, 0.717) is 13.0 Å². The Balaban J connectivity index is 2.68. The van der Waals surface area contributed by atoms with Gasteiger partial charge in [0.25, 0.3) is 0 Å². The number of esters is 2. The van der Waals surface area contributed by atoms with Crippen LogP contribution in [0.15, 0.2) is 11.6 Å². The van der Waals surface area contributed by atoms with Crippen LogP contribution in [-0.2, 0) is 19.1 Å². The zero-order valence-electron chi connectivity index (χ0n) is 8.41. The summed E-state index contributed by atoms with van der Waals surface area (Å²) in [4.78, 5) is 22.6. The maximum absolute atomic E-state index is 11.4. The van der Waals surface area contributed by atoms with Gasteiger partial charge in [0.1, 0.15) is 5.57 Å². The van der Waals surface area contributed by atoms with Crippen molar-refractivity contribution in [3.05, 3.63) is 11.6 Å². The highest BCUT2D eigenvalue weighted by atomic mass is 16.6. The van der Waals surface area contributed by atoms with Crippen molar-refractivity contribution < 1.29 is 19.1 Å². The van der Waals surface area contributed by atoms with E-state index >= 15 is 0 Å². The summed E-state index contributed by atoms with van der Waals surface area (Å²) in [5.41, 5.74) is 0.0243. The molecule has 1 rings (SSSR count). The molecule has 1 heterocycles. The van der Waals surface area contributed by atoms with Crippen LogP contribution in [0.2, 0.25) is 0 Å². The zero-order valence-corrected chi connectivity index (χ0v) is 8.41. The van der Waals surface area contributed by atoms with Gasteiger partial charge in [-0.1, -0.05) is 6.08 Å². The minimum absolute atomic E-state index is 0.0243. The fourth-order valence-electron chi connectivity index (χ4n) is 1.10. The lowest BCUT2D eigenvalue weighted by Gasteiger charge is -2.08. The molecule has 0 saturated carbocycles. The van der Waals surface area contributed by atoms with Crippen LogP contribution in [0, 0.1) is 0 Å². The maximum atomic E-state index is 11.4. The van der Waals surface area contributed by atoms with Crippen molar-refractivity contribution in [2.45, 2.75) is 32.8 Å². The highest BCUT2D eigenvalue weighted by Gasteiger charge is 2.23. The van der Waals surface area contributed by atoms with E-state index in [4.69, 9.17) is 9.47 Å². The Morgan fingerprint density at radius 3 is 2.93 bits per heavy atom. The van der Waals surface area contributed by atoms with Crippen molar-refractivity contribution in [2.24, 2.45) is 0 Å². The molecule has 0 unspecified atom stereocenters. The Labute approximate surface area is 82.9 Å². The topological polar surface area (TPSA) is 52.6 Å². The SMILES string of the molecule is CC(C)OC(=O)C1=CCCCOC1=O. The van der Waals surface area contributed by atoms with Gasteiger partial charge in [0.15, 0.2) is 0 Å². The zero-order chi connectivity index (χ0) is 10.6. The number of ether oxygens (including phenoxy) is 2. The molecule has 0 spiro atoms. The molecule has 0 amide bonds. The number of rotatable bonds is 2. The van der Waals surface area contributed by atoms with E-state index in [-0.39, 0.29) is 11.7 Å². The van der Waals surface area contributed by atoms with Crippen LogP contribution in [0.4, 0.5) is 0 Å². The lowest BCUT2D eigenvalue weighted by atomic mass is 10.2. The predicted molar refractivity (Wildman–Crippen MR) is 49.5 cm³/mol. The van der Waals surface area contributed by atoms with Crippen molar-refractivity contribution in [1.29, 1.82) is 0 Å². The third-order valence-corrected chi connectivity index (χ3v) is 1.71. The van der Waals surface area contributed by atoms with E-state index < -0.39 is 11.9 Å². The van der Waals surface area contributed by atoms with Gasteiger partial charge in [0.2, 0.25) is 0 Å². The van der Waals surface area contributed by atoms with Crippen molar-refractivity contribution >= 4 is 11.9 Å². The van der Waals surface area contributed by atoms with Gasteiger partial charge in [-0.15, -0.1) is 0 Å². The Morgan fingerprint density at radius 2 is 2.29 bits per heavy atom. The van der Waals surface area contributed by atoms with E-state index in [9.17, 15) is 9.59 Å². The molecule has 0 N–H and O–H groups in total. The number of carbonyl (C=O) groups excluding carboxylic acids is 2. The Morgan fingerprint density at radius 1 is 1.57 bits per heavy atom. The average Bonchev–Trinajstić information content (AvgIpc) is 2.28. The molecular weight excluding hydrogens is 184 g/mol. The molecule has 0 atom stereocenters. The van der Waals surface area contributed by atoms with Crippen LogP contribution in [0.5, 0.6) is 0 Å². The van der Waals surface area contributed by atoms with Gasteiger partial charge in [-0.3, -0.25) is 0 Å². The van der Waals surface area contributed by atoms with Gasteiger partial charge in [-0.05, 0) is 26.7 Å². The van der Waals surface area contributed by atoms with Gasteiger partial charge < -0.3 is 9.47 Å². The first-order valence-corrected chi connectivity index (χ1v) is 4.69. The van der Waals surface area contributed by atoms with Crippen molar-refractivity contribution in [3.8, 4) is 0 Å². The number of allylic oxidation sites excluding steroid dienone is 1. The predicted octanol–water partition coefficient (Wildman–Crippen LogP) is 1.20. The summed E-state index contributed by atoms with van der Waals surface area (Å²) in [6, 6.07) is 0. The molecule has 0 aromatic heterocycles. The Kier molecular flexibility index (Phi) is 3.68. The summed E-state index contributed by atoms with van der Waals surface area (Å²) in [5, 5.41) is 0. The van der Waals surface area contributed by atoms with Crippen LogP contribution in [0.1, 0.15) is 26.7 Å². The first kappa shape index (κ1) is 10.8. The van der Waals surface area contributed by atoms with Crippen LogP contribution in [-0.4, -0.2) is 24.6 Å². The van der Waals surface area contributed by atoms with Crippen molar-refractivity contribution in [1.82, 2.24) is 0 Å². The first-order valence-electron chi connectivity index (χ1n) is 4.69. The fourth-order valence-corrected chi connectivity index (χ4v) is 1.10.